The van der Waals surface area contributed by atoms with E-state index in [1.165, 1.54) is 0 Å². The fraction of sp³-hybridized carbons (Fsp3) is 0.588. The van der Waals surface area contributed by atoms with Crippen molar-refractivity contribution in [1.82, 2.24) is 19.9 Å². The van der Waals surface area contributed by atoms with Gasteiger partial charge in [-0.2, -0.15) is 0 Å². The van der Waals surface area contributed by atoms with Gasteiger partial charge in [0.2, 0.25) is 0 Å². The van der Waals surface area contributed by atoms with Crippen LogP contribution in [-0.2, 0) is 11.3 Å². The number of alkyl carbamates (subject to hydrolysis) is 1. The Kier molecular flexibility index (Phi) is 5.72. The number of aromatic nitrogens is 3. The molecule has 1 atom stereocenters. The first-order valence-corrected chi connectivity index (χ1v) is 8.77. The van der Waals surface area contributed by atoms with Crippen LogP contribution in [0.3, 0.4) is 0 Å². The summed E-state index contributed by atoms with van der Waals surface area (Å²) in [5.74, 6) is 0.374. The minimum absolute atomic E-state index is 0.175. The van der Waals surface area contributed by atoms with Gasteiger partial charge in [-0.05, 0) is 51.4 Å². The molecule has 0 saturated carbocycles. The molecule has 0 fully saturated rings. The Balaban J connectivity index is 2.29. The largest absolute Gasteiger partial charge is 0.444 e. The van der Waals surface area contributed by atoms with Crippen LogP contribution in [0, 0.1) is 10.7 Å². The van der Waals surface area contributed by atoms with Gasteiger partial charge < -0.3 is 19.6 Å². The lowest BCUT2D eigenvalue weighted by Crippen LogP contribution is -2.42. The molecule has 1 amide bonds. The van der Waals surface area contributed by atoms with Gasteiger partial charge in [0.25, 0.3) is 5.56 Å². The van der Waals surface area contributed by atoms with Crippen LogP contribution in [0.1, 0.15) is 41.0 Å². The van der Waals surface area contributed by atoms with Gasteiger partial charge in [-0.15, -0.1) is 0 Å². The van der Waals surface area contributed by atoms with Crippen molar-refractivity contribution in [1.29, 1.82) is 0 Å². The summed E-state index contributed by atoms with van der Waals surface area (Å²) in [5, 5.41) is 2.92. The summed E-state index contributed by atoms with van der Waals surface area (Å²) in [7, 11) is 0. The van der Waals surface area contributed by atoms with Crippen molar-refractivity contribution in [2.24, 2.45) is 5.92 Å². The molecule has 0 aliphatic rings. The van der Waals surface area contributed by atoms with Crippen molar-refractivity contribution >= 4 is 29.3 Å². The third kappa shape index (κ3) is 5.19. The van der Waals surface area contributed by atoms with Crippen molar-refractivity contribution in [3.8, 4) is 0 Å². The number of rotatable bonds is 5. The normalized spacial score (nSPS) is 13.2. The van der Waals surface area contributed by atoms with E-state index in [9.17, 15) is 9.59 Å². The Morgan fingerprint density at radius 3 is 2.68 bits per heavy atom. The summed E-state index contributed by atoms with van der Waals surface area (Å²) in [5.41, 5.74) is 0.374. The minimum atomic E-state index is -0.561. The van der Waals surface area contributed by atoms with Gasteiger partial charge in [-0.3, -0.25) is 9.78 Å². The fourth-order valence-corrected chi connectivity index (χ4v) is 2.99. The molecule has 0 radical (unpaired) electrons. The number of hydrogen-bond acceptors (Lipinski definition) is 4. The van der Waals surface area contributed by atoms with E-state index in [1.807, 2.05) is 25.3 Å². The first kappa shape index (κ1) is 19.2. The molecule has 0 aromatic carbocycles. The Bertz CT molecular complexity index is 857. The number of hydrogen-bond donors (Lipinski definition) is 3. The van der Waals surface area contributed by atoms with Crippen molar-refractivity contribution in [2.45, 2.75) is 59.2 Å². The number of fused-ring (bicyclic) bond motifs is 1. The Morgan fingerprint density at radius 2 is 2.08 bits per heavy atom. The predicted molar refractivity (Wildman–Crippen MR) is 100 cm³/mol. The van der Waals surface area contributed by atoms with Crippen LogP contribution in [-0.4, -0.2) is 32.3 Å². The number of H-pyrrole nitrogens is 2. The molecule has 0 saturated heterocycles. The SMILES string of the molecule is CC(C)CC(Cn1c(=S)[nH]c(=O)c2[nH]ccc21)NC(=O)OC(C)(C)C. The second kappa shape index (κ2) is 7.43. The topological polar surface area (TPSA) is 91.9 Å². The van der Waals surface area contributed by atoms with Crippen molar-refractivity contribution in [3.05, 3.63) is 27.4 Å². The standard InChI is InChI=1S/C17H26N4O3S/c1-10(2)8-11(19-16(23)24-17(3,4)5)9-21-12-6-7-18-13(12)14(22)20-15(21)25/h6-7,10-11,18H,8-9H2,1-5H3,(H,19,23)(H,20,22,25). The van der Waals surface area contributed by atoms with Crippen LogP contribution in [0.25, 0.3) is 11.0 Å². The molecule has 0 spiro atoms. The number of nitrogens with one attached hydrogen (secondary N) is 3. The van der Waals surface area contributed by atoms with E-state index in [0.717, 1.165) is 6.42 Å². The van der Waals surface area contributed by atoms with Crippen LogP contribution in [0.2, 0.25) is 0 Å². The molecular formula is C17H26N4O3S. The zero-order valence-corrected chi connectivity index (χ0v) is 16.1. The summed E-state index contributed by atoms with van der Waals surface area (Å²) < 4.78 is 7.52. The molecule has 0 aliphatic carbocycles. The number of ether oxygens (including phenoxy) is 1. The van der Waals surface area contributed by atoms with E-state index in [0.29, 0.717) is 28.3 Å². The minimum Gasteiger partial charge on any atom is -0.444 e. The second-order valence-corrected chi connectivity index (χ2v) is 7.97. The molecule has 2 heterocycles. The van der Waals surface area contributed by atoms with Gasteiger partial charge >= 0.3 is 6.09 Å². The van der Waals surface area contributed by atoms with E-state index in [1.54, 1.807) is 12.3 Å². The maximum atomic E-state index is 12.2. The molecule has 2 rings (SSSR count). The predicted octanol–water partition coefficient (Wildman–Crippen LogP) is 3.33. The Hall–Kier alpha value is -2.09. The summed E-state index contributed by atoms with van der Waals surface area (Å²) in [4.78, 5) is 29.7. The molecule has 25 heavy (non-hydrogen) atoms. The van der Waals surface area contributed by atoms with Gasteiger partial charge in [-0.1, -0.05) is 13.8 Å². The summed E-state index contributed by atoms with van der Waals surface area (Å²) in [6.07, 6.45) is 2.00. The molecule has 138 valence electrons. The highest BCUT2D eigenvalue weighted by atomic mass is 32.1. The molecule has 7 nitrogen and oxygen atoms in total. The quantitative estimate of drug-likeness (QED) is 0.708. The van der Waals surface area contributed by atoms with E-state index >= 15 is 0 Å². The highest BCUT2D eigenvalue weighted by Gasteiger charge is 2.21. The van der Waals surface area contributed by atoms with E-state index < -0.39 is 11.7 Å². The van der Waals surface area contributed by atoms with Crippen LogP contribution in [0.4, 0.5) is 4.79 Å². The summed E-state index contributed by atoms with van der Waals surface area (Å²) in [6, 6.07) is 1.63. The number of carbonyl (C=O) groups excluding carboxylic acids is 1. The second-order valence-electron chi connectivity index (χ2n) is 7.58. The zero-order chi connectivity index (χ0) is 18.8. The summed E-state index contributed by atoms with van der Waals surface area (Å²) >= 11 is 5.32. The lowest BCUT2D eigenvalue weighted by Gasteiger charge is -2.25. The lowest BCUT2D eigenvalue weighted by molar-refractivity contribution is 0.0493. The number of nitrogens with zero attached hydrogens (tertiary/aromatic N) is 1. The van der Waals surface area contributed by atoms with Gasteiger partial charge in [0, 0.05) is 12.7 Å². The molecule has 3 N–H and O–H groups in total. The Morgan fingerprint density at radius 1 is 1.40 bits per heavy atom. The molecular weight excluding hydrogens is 340 g/mol. The molecule has 8 heteroatoms. The molecule has 1 unspecified atom stereocenters. The van der Waals surface area contributed by atoms with E-state index in [2.05, 4.69) is 29.1 Å². The van der Waals surface area contributed by atoms with Gasteiger partial charge in [0.05, 0.1) is 11.6 Å². The molecule has 0 bridgehead atoms. The molecule has 0 aliphatic heterocycles. The first-order chi connectivity index (χ1) is 11.6. The van der Waals surface area contributed by atoms with Crippen LogP contribution >= 0.6 is 12.2 Å². The van der Waals surface area contributed by atoms with Gasteiger partial charge in [-0.25, -0.2) is 4.79 Å². The zero-order valence-electron chi connectivity index (χ0n) is 15.3. The van der Waals surface area contributed by atoms with Crippen molar-refractivity contribution in [2.75, 3.05) is 0 Å². The number of amides is 1. The van der Waals surface area contributed by atoms with Crippen LogP contribution in [0.5, 0.6) is 0 Å². The average Bonchev–Trinajstić information content (AvgIpc) is 2.90. The number of carbonyl (C=O) groups is 1. The smallest absolute Gasteiger partial charge is 0.407 e. The van der Waals surface area contributed by atoms with Gasteiger partial charge in [0.15, 0.2) is 4.77 Å². The van der Waals surface area contributed by atoms with Crippen LogP contribution < -0.4 is 10.9 Å². The molecule has 2 aromatic heterocycles. The Labute approximate surface area is 151 Å². The summed E-state index contributed by atoms with van der Waals surface area (Å²) in [6.45, 7) is 10.1. The molecule has 2 aromatic rings. The third-order valence-electron chi connectivity index (χ3n) is 3.59. The first-order valence-electron chi connectivity index (χ1n) is 8.36. The number of aromatic amines is 2. The maximum Gasteiger partial charge on any atom is 0.407 e. The van der Waals surface area contributed by atoms with E-state index in [-0.39, 0.29) is 11.6 Å². The van der Waals surface area contributed by atoms with E-state index in [4.69, 9.17) is 17.0 Å². The van der Waals surface area contributed by atoms with Crippen molar-refractivity contribution < 1.29 is 9.53 Å². The lowest BCUT2D eigenvalue weighted by atomic mass is 10.0. The highest BCUT2D eigenvalue weighted by Crippen LogP contribution is 2.14. The fourth-order valence-electron chi connectivity index (χ4n) is 2.73. The van der Waals surface area contributed by atoms with Crippen LogP contribution in [0.15, 0.2) is 17.1 Å². The maximum absolute atomic E-state index is 12.2. The average molecular weight is 366 g/mol. The monoisotopic (exact) mass is 366 g/mol. The van der Waals surface area contributed by atoms with Crippen molar-refractivity contribution in [3.63, 3.8) is 0 Å². The van der Waals surface area contributed by atoms with Gasteiger partial charge in [0.1, 0.15) is 11.1 Å². The third-order valence-corrected chi connectivity index (χ3v) is 3.91. The highest BCUT2D eigenvalue weighted by molar-refractivity contribution is 7.71.